The molecule has 1 N–H and O–H groups in total. The first kappa shape index (κ1) is 18.7. The Morgan fingerprint density at radius 2 is 1.81 bits per heavy atom. The summed E-state index contributed by atoms with van der Waals surface area (Å²) in [6.45, 7) is 0.834. The van der Waals surface area contributed by atoms with E-state index in [1.54, 1.807) is 7.11 Å². The van der Waals surface area contributed by atoms with Crippen LogP contribution in [0.2, 0.25) is 0 Å². The number of para-hydroxylation sites is 1. The minimum absolute atomic E-state index is 0.123. The lowest BCUT2D eigenvalue weighted by molar-refractivity contribution is -0.0190. The molecule has 1 saturated carbocycles. The van der Waals surface area contributed by atoms with E-state index >= 15 is 0 Å². The smallest absolute Gasteiger partial charge is 0.125 e. The third-order valence-corrected chi connectivity index (χ3v) is 5.32. The zero-order valence-corrected chi connectivity index (χ0v) is 16.0. The number of rotatable bonds is 5. The fraction of sp³-hybridized carbons (Fsp3) is 0.391. The van der Waals surface area contributed by atoms with Crippen LogP contribution in [0.1, 0.15) is 30.4 Å². The summed E-state index contributed by atoms with van der Waals surface area (Å²) >= 11 is 0. The van der Waals surface area contributed by atoms with Crippen LogP contribution in [-0.2, 0) is 5.60 Å². The number of ether oxygens (including phenoxy) is 1. The molecule has 138 valence electrons. The maximum absolute atomic E-state index is 12.1. The summed E-state index contributed by atoms with van der Waals surface area (Å²) < 4.78 is 5.61. The molecule has 0 spiro atoms. The van der Waals surface area contributed by atoms with Crippen molar-refractivity contribution in [1.82, 2.24) is 4.90 Å². The summed E-state index contributed by atoms with van der Waals surface area (Å²) in [5, 5.41) is 12.1. The normalized spacial score (nSPS) is 24.8. The first-order chi connectivity index (χ1) is 12.6. The van der Waals surface area contributed by atoms with Crippen LogP contribution in [0.25, 0.3) is 6.08 Å². The third kappa shape index (κ3) is 3.69. The van der Waals surface area contributed by atoms with Gasteiger partial charge in [-0.05, 0) is 50.6 Å². The highest BCUT2D eigenvalue weighted by Gasteiger charge is 2.45. The van der Waals surface area contributed by atoms with E-state index in [9.17, 15) is 5.11 Å². The number of benzene rings is 2. The minimum Gasteiger partial charge on any atom is -0.496 e. The molecule has 2 unspecified atom stereocenters. The lowest BCUT2D eigenvalue weighted by Gasteiger charge is -2.44. The average molecular weight is 351 g/mol. The molecule has 1 fully saturated rings. The van der Waals surface area contributed by atoms with Crippen molar-refractivity contribution in [2.45, 2.75) is 24.9 Å². The average Bonchev–Trinajstić information content (AvgIpc) is 2.65. The molecule has 3 nitrogen and oxygen atoms in total. The van der Waals surface area contributed by atoms with E-state index in [1.807, 2.05) is 42.5 Å². The van der Waals surface area contributed by atoms with E-state index in [4.69, 9.17) is 4.74 Å². The van der Waals surface area contributed by atoms with Crippen molar-refractivity contribution in [3.05, 3.63) is 71.3 Å². The lowest BCUT2D eigenvalue weighted by Crippen LogP contribution is -2.44. The van der Waals surface area contributed by atoms with Crippen LogP contribution in [-0.4, -0.2) is 37.8 Å². The topological polar surface area (TPSA) is 32.7 Å². The maximum atomic E-state index is 12.1. The van der Waals surface area contributed by atoms with E-state index in [-0.39, 0.29) is 5.92 Å². The van der Waals surface area contributed by atoms with Crippen LogP contribution < -0.4 is 4.74 Å². The van der Waals surface area contributed by atoms with Gasteiger partial charge in [0.25, 0.3) is 0 Å². The molecule has 2 aromatic rings. The van der Waals surface area contributed by atoms with E-state index in [1.165, 1.54) is 0 Å². The molecule has 0 amide bonds. The van der Waals surface area contributed by atoms with Gasteiger partial charge in [0.15, 0.2) is 0 Å². The molecule has 0 aromatic heterocycles. The summed E-state index contributed by atoms with van der Waals surface area (Å²) in [4.78, 5) is 2.16. The van der Waals surface area contributed by atoms with Crippen molar-refractivity contribution in [2.24, 2.45) is 5.92 Å². The SMILES string of the molecule is COc1ccccc1C1(O)/C(=C/c2ccccc2)CCCC1CN(C)C. The number of hydrogen-bond donors (Lipinski definition) is 1. The van der Waals surface area contributed by atoms with Crippen LogP contribution in [0, 0.1) is 5.92 Å². The largest absolute Gasteiger partial charge is 0.496 e. The molecule has 0 heterocycles. The Balaban J connectivity index is 2.14. The summed E-state index contributed by atoms with van der Waals surface area (Å²) in [6.07, 6.45) is 5.15. The first-order valence-electron chi connectivity index (χ1n) is 9.32. The second kappa shape index (κ2) is 8.07. The Kier molecular flexibility index (Phi) is 5.80. The highest BCUT2D eigenvalue weighted by Crippen LogP contribution is 2.49. The highest BCUT2D eigenvalue weighted by molar-refractivity contribution is 5.58. The minimum atomic E-state index is -1.02. The molecule has 26 heavy (non-hydrogen) atoms. The van der Waals surface area contributed by atoms with E-state index in [0.717, 1.165) is 48.3 Å². The van der Waals surface area contributed by atoms with Gasteiger partial charge in [0.2, 0.25) is 0 Å². The maximum Gasteiger partial charge on any atom is 0.125 e. The summed E-state index contributed by atoms with van der Waals surface area (Å²) in [5.41, 5.74) is 2.05. The van der Waals surface area contributed by atoms with Crippen molar-refractivity contribution >= 4 is 6.08 Å². The first-order valence-corrected chi connectivity index (χ1v) is 9.32. The lowest BCUT2D eigenvalue weighted by atomic mass is 9.67. The molecule has 1 aliphatic carbocycles. The quantitative estimate of drug-likeness (QED) is 0.870. The van der Waals surface area contributed by atoms with Gasteiger partial charge in [-0.2, -0.15) is 0 Å². The fourth-order valence-corrected chi connectivity index (χ4v) is 4.15. The zero-order valence-electron chi connectivity index (χ0n) is 16.0. The second-order valence-electron chi connectivity index (χ2n) is 7.40. The summed E-state index contributed by atoms with van der Waals surface area (Å²) in [5.74, 6) is 0.872. The van der Waals surface area contributed by atoms with Gasteiger partial charge in [0, 0.05) is 18.0 Å². The molecule has 2 aromatic carbocycles. The second-order valence-corrected chi connectivity index (χ2v) is 7.40. The van der Waals surface area contributed by atoms with Crippen LogP contribution in [0.5, 0.6) is 5.75 Å². The van der Waals surface area contributed by atoms with Crippen molar-refractivity contribution in [2.75, 3.05) is 27.7 Å². The molecular weight excluding hydrogens is 322 g/mol. The molecule has 2 atom stereocenters. The predicted octanol–water partition coefficient (Wildman–Crippen LogP) is 4.33. The van der Waals surface area contributed by atoms with Gasteiger partial charge in [0.05, 0.1) is 7.11 Å². The third-order valence-electron chi connectivity index (χ3n) is 5.32. The highest BCUT2D eigenvalue weighted by atomic mass is 16.5. The molecule has 1 aliphatic rings. The summed E-state index contributed by atoms with van der Waals surface area (Å²) in [7, 11) is 5.81. The molecule has 0 bridgehead atoms. The Hall–Kier alpha value is -2.10. The van der Waals surface area contributed by atoms with E-state index in [0.29, 0.717) is 0 Å². The van der Waals surface area contributed by atoms with Crippen LogP contribution in [0.3, 0.4) is 0 Å². The Morgan fingerprint density at radius 1 is 1.12 bits per heavy atom. The van der Waals surface area contributed by atoms with E-state index in [2.05, 4.69) is 37.2 Å². The number of aliphatic hydroxyl groups is 1. The van der Waals surface area contributed by atoms with E-state index < -0.39 is 5.60 Å². The van der Waals surface area contributed by atoms with Gasteiger partial charge in [0.1, 0.15) is 11.4 Å². The molecule has 3 heteroatoms. The van der Waals surface area contributed by atoms with Crippen LogP contribution in [0.15, 0.2) is 60.2 Å². The monoisotopic (exact) mass is 351 g/mol. The van der Waals surface area contributed by atoms with Crippen molar-refractivity contribution in [3.8, 4) is 5.75 Å². The van der Waals surface area contributed by atoms with Gasteiger partial charge in [-0.25, -0.2) is 0 Å². The Labute approximate surface area is 156 Å². The predicted molar refractivity (Wildman–Crippen MR) is 107 cm³/mol. The zero-order chi connectivity index (χ0) is 18.6. The number of methoxy groups -OCH3 is 1. The Morgan fingerprint density at radius 3 is 2.50 bits per heavy atom. The molecule has 0 radical (unpaired) electrons. The van der Waals surface area contributed by atoms with Crippen LogP contribution >= 0.6 is 0 Å². The Bertz CT molecular complexity index is 754. The van der Waals surface area contributed by atoms with Gasteiger partial charge in [-0.1, -0.05) is 54.6 Å². The van der Waals surface area contributed by atoms with Gasteiger partial charge >= 0.3 is 0 Å². The van der Waals surface area contributed by atoms with Gasteiger partial charge < -0.3 is 14.7 Å². The fourth-order valence-electron chi connectivity index (χ4n) is 4.15. The molecule has 0 saturated heterocycles. The molecular formula is C23H29NO2. The molecule has 0 aliphatic heterocycles. The summed E-state index contributed by atoms with van der Waals surface area (Å²) in [6, 6.07) is 18.2. The number of nitrogens with zero attached hydrogens (tertiary/aromatic N) is 1. The van der Waals surface area contributed by atoms with Crippen molar-refractivity contribution in [1.29, 1.82) is 0 Å². The van der Waals surface area contributed by atoms with Crippen molar-refractivity contribution < 1.29 is 9.84 Å². The van der Waals surface area contributed by atoms with Crippen molar-refractivity contribution in [3.63, 3.8) is 0 Å². The standard InChI is InChI=1S/C23H29NO2/c1-24(2)17-20-13-9-12-19(16-18-10-5-4-6-11-18)23(20,25)21-14-7-8-15-22(21)26-3/h4-8,10-11,14-16,20,25H,9,12-13,17H2,1-3H3/b19-16+. The number of hydrogen-bond acceptors (Lipinski definition) is 3. The molecule has 3 rings (SSSR count). The van der Waals surface area contributed by atoms with Gasteiger partial charge in [-0.3, -0.25) is 0 Å². The van der Waals surface area contributed by atoms with Gasteiger partial charge in [-0.15, -0.1) is 0 Å². The van der Waals surface area contributed by atoms with Crippen LogP contribution in [0.4, 0.5) is 0 Å².